The maximum Gasteiger partial charge on any atom is 0.207 e. The van der Waals surface area contributed by atoms with Gasteiger partial charge in [0.15, 0.2) is 23.2 Å². The molecule has 3 heterocycles. The Kier molecular flexibility index (Phi) is 7.17. The third-order valence-electron chi connectivity index (χ3n) is 6.23. The molecule has 0 bridgehead atoms. The van der Waals surface area contributed by atoms with Gasteiger partial charge in [0.1, 0.15) is 37.0 Å². The summed E-state index contributed by atoms with van der Waals surface area (Å²) in [4.78, 5) is 12.8. The summed E-state index contributed by atoms with van der Waals surface area (Å²) in [5, 5.41) is 42.5. The van der Waals surface area contributed by atoms with Crippen molar-refractivity contribution >= 4 is 22.9 Å². The molecule has 0 spiro atoms. The number of aliphatic hydroxyl groups is 4. The molecule has 0 saturated carbocycles. The molecule has 0 aliphatic carbocycles. The van der Waals surface area contributed by atoms with Gasteiger partial charge < -0.3 is 41.0 Å². The van der Waals surface area contributed by atoms with Crippen molar-refractivity contribution in [2.75, 3.05) is 30.9 Å². The minimum Gasteiger partial charge on any atom is -0.491 e. The number of benzene rings is 2. The molecule has 1 saturated heterocycles. The Bertz CT molecular complexity index is 1350. The van der Waals surface area contributed by atoms with E-state index in [0.29, 0.717) is 29.4 Å². The van der Waals surface area contributed by atoms with Crippen LogP contribution in [0.5, 0.6) is 5.75 Å². The second kappa shape index (κ2) is 10.7. The highest BCUT2D eigenvalue weighted by Gasteiger charge is 2.45. The van der Waals surface area contributed by atoms with Crippen molar-refractivity contribution in [2.45, 2.75) is 31.1 Å². The molecule has 4 aromatic rings. The molecule has 0 amide bonds. The molecule has 4 atom stereocenters. The quantitative estimate of drug-likeness (QED) is 0.187. The molecule has 2 aromatic carbocycles. The van der Waals surface area contributed by atoms with Crippen LogP contribution in [0.2, 0.25) is 0 Å². The van der Waals surface area contributed by atoms with Crippen molar-refractivity contribution in [2.24, 2.45) is 0 Å². The molecule has 0 radical (unpaired) electrons. The number of hydrogen-bond donors (Lipinski definition) is 6. The van der Waals surface area contributed by atoms with Gasteiger partial charge in [-0.05, 0) is 28.8 Å². The average molecular weight is 509 g/mol. The van der Waals surface area contributed by atoms with Crippen molar-refractivity contribution < 1.29 is 29.9 Å². The lowest BCUT2D eigenvalue weighted by Gasteiger charge is -2.19. The number of nitrogens with zero attached hydrogens (tertiary/aromatic N) is 4. The van der Waals surface area contributed by atoms with Crippen LogP contribution in [0.3, 0.4) is 0 Å². The average Bonchev–Trinajstić information content (AvgIpc) is 3.44. The smallest absolute Gasteiger partial charge is 0.207 e. The Balaban J connectivity index is 1.35. The number of nitrogens with two attached hydrogens (primary N) is 1. The summed E-state index contributed by atoms with van der Waals surface area (Å²) in [6, 6.07) is 15.6. The molecule has 1 aliphatic rings. The first-order valence-electron chi connectivity index (χ1n) is 11.8. The zero-order chi connectivity index (χ0) is 25.9. The van der Waals surface area contributed by atoms with Gasteiger partial charge in [-0.1, -0.05) is 36.4 Å². The predicted molar refractivity (Wildman–Crippen MR) is 135 cm³/mol. The van der Waals surface area contributed by atoms with Crippen LogP contribution in [0, 0.1) is 0 Å². The summed E-state index contributed by atoms with van der Waals surface area (Å²) >= 11 is 0. The highest BCUT2D eigenvalue weighted by Crippen LogP contribution is 2.35. The summed E-state index contributed by atoms with van der Waals surface area (Å²) < 4.78 is 12.7. The summed E-state index contributed by atoms with van der Waals surface area (Å²) in [7, 11) is 0. The molecule has 1 aliphatic heterocycles. The van der Waals surface area contributed by atoms with Crippen molar-refractivity contribution in [3.05, 3.63) is 60.4 Å². The van der Waals surface area contributed by atoms with E-state index in [1.54, 1.807) is 0 Å². The Morgan fingerprint density at radius 1 is 0.973 bits per heavy atom. The van der Waals surface area contributed by atoms with Gasteiger partial charge in [-0.2, -0.15) is 0 Å². The second-order valence-electron chi connectivity index (χ2n) is 8.61. The second-order valence-corrected chi connectivity index (χ2v) is 8.61. The van der Waals surface area contributed by atoms with Gasteiger partial charge >= 0.3 is 0 Å². The van der Waals surface area contributed by atoms with Crippen LogP contribution in [0.4, 0.5) is 11.8 Å². The Morgan fingerprint density at radius 2 is 1.68 bits per heavy atom. The first-order chi connectivity index (χ1) is 18.0. The van der Waals surface area contributed by atoms with E-state index in [2.05, 4.69) is 20.3 Å². The fourth-order valence-electron chi connectivity index (χ4n) is 4.29. The minimum atomic E-state index is -1.31. The number of ether oxygens (including phenoxy) is 2. The zero-order valence-corrected chi connectivity index (χ0v) is 19.8. The van der Waals surface area contributed by atoms with Gasteiger partial charge in [0.05, 0.1) is 13.2 Å². The Morgan fingerprint density at radius 3 is 2.32 bits per heavy atom. The van der Waals surface area contributed by atoms with Crippen LogP contribution in [0.15, 0.2) is 54.9 Å². The standard InChI is InChI=1S/C25H28N6O6/c26-22-19-23(29-13-28-22)31(24-21(35)20(34)18(12-33)37-24)25(30-19)27-11-14-1-3-15(4-2-14)16-5-7-17(8-6-16)36-10-9-32/h1-8,13,18,20-21,24,32-35H,9-12H2,(H,27,30)(H2,26,28,29)/t18-,20-,21-,24-/m1/s1. The van der Waals surface area contributed by atoms with Gasteiger partial charge in [0.2, 0.25) is 5.95 Å². The van der Waals surface area contributed by atoms with E-state index in [9.17, 15) is 15.3 Å². The summed E-state index contributed by atoms with van der Waals surface area (Å²) in [5.41, 5.74) is 9.66. The Labute approximate surface area is 212 Å². The van der Waals surface area contributed by atoms with E-state index >= 15 is 0 Å². The van der Waals surface area contributed by atoms with Crippen LogP contribution in [-0.2, 0) is 11.3 Å². The van der Waals surface area contributed by atoms with Gasteiger partial charge in [-0.15, -0.1) is 0 Å². The van der Waals surface area contributed by atoms with Crippen molar-refractivity contribution in [1.29, 1.82) is 0 Å². The molecule has 7 N–H and O–H groups in total. The number of hydrogen-bond acceptors (Lipinski definition) is 11. The summed E-state index contributed by atoms with van der Waals surface area (Å²) in [6.45, 7) is 0.155. The largest absolute Gasteiger partial charge is 0.491 e. The van der Waals surface area contributed by atoms with E-state index in [1.807, 2.05) is 48.5 Å². The fourth-order valence-corrected chi connectivity index (χ4v) is 4.29. The number of nitrogens with one attached hydrogen (secondary N) is 1. The third-order valence-corrected chi connectivity index (χ3v) is 6.23. The van der Waals surface area contributed by atoms with E-state index in [4.69, 9.17) is 20.3 Å². The first kappa shape index (κ1) is 24.9. The van der Waals surface area contributed by atoms with E-state index in [0.717, 1.165) is 16.7 Å². The van der Waals surface area contributed by atoms with Gasteiger partial charge in [0.25, 0.3) is 0 Å². The predicted octanol–water partition coefficient (Wildman–Crippen LogP) is 0.670. The maximum atomic E-state index is 10.6. The van der Waals surface area contributed by atoms with E-state index in [1.165, 1.54) is 10.9 Å². The monoisotopic (exact) mass is 508 g/mol. The van der Waals surface area contributed by atoms with E-state index < -0.39 is 31.1 Å². The lowest BCUT2D eigenvalue weighted by Crippen LogP contribution is -2.33. The summed E-state index contributed by atoms with van der Waals surface area (Å²) in [5.74, 6) is 1.18. The highest BCUT2D eigenvalue weighted by atomic mass is 16.6. The number of rotatable bonds is 9. The lowest BCUT2D eigenvalue weighted by atomic mass is 10.0. The van der Waals surface area contributed by atoms with Gasteiger partial charge in [0, 0.05) is 6.54 Å². The molecule has 1 fully saturated rings. The van der Waals surface area contributed by atoms with Crippen LogP contribution in [-0.4, -0.2) is 78.1 Å². The lowest BCUT2D eigenvalue weighted by molar-refractivity contribution is -0.0501. The molecular weight excluding hydrogens is 480 g/mol. The molecular formula is C25H28N6O6. The van der Waals surface area contributed by atoms with Crippen molar-refractivity contribution in [3.8, 4) is 16.9 Å². The van der Waals surface area contributed by atoms with Crippen LogP contribution in [0.1, 0.15) is 11.8 Å². The zero-order valence-electron chi connectivity index (χ0n) is 19.8. The number of nitrogen functional groups attached to an aromatic ring is 1. The number of imidazole rings is 1. The van der Waals surface area contributed by atoms with Crippen molar-refractivity contribution in [1.82, 2.24) is 19.5 Å². The molecule has 37 heavy (non-hydrogen) atoms. The number of aliphatic hydroxyl groups excluding tert-OH is 4. The van der Waals surface area contributed by atoms with E-state index in [-0.39, 0.29) is 19.0 Å². The topological polar surface area (TPSA) is 181 Å². The van der Waals surface area contributed by atoms with Gasteiger partial charge in [-0.25, -0.2) is 15.0 Å². The molecule has 5 rings (SSSR count). The van der Waals surface area contributed by atoms with Gasteiger partial charge in [-0.3, -0.25) is 4.57 Å². The van der Waals surface area contributed by atoms with Crippen LogP contribution < -0.4 is 15.8 Å². The number of aromatic nitrogens is 4. The maximum absolute atomic E-state index is 10.6. The Hall–Kier alpha value is -3.81. The molecule has 194 valence electrons. The highest BCUT2D eigenvalue weighted by molar-refractivity contribution is 5.84. The minimum absolute atomic E-state index is 0.0340. The fraction of sp³-hybridized carbons (Fsp3) is 0.320. The molecule has 0 unspecified atom stereocenters. The van der Waals surface area contributed by atoms with Crippen LogP contribution >= 0.6 is 0 Å². The number of anilines is 2. The molecule has 2 aromatic heterocycles. The molecule has 12 nitrogen and oxygen atoms in total. The first-order valence-corrected chi connectivity index (χ1v) is 11.8. The van der Waals surface area contributed by atoms with Crippen molar-refractivity contribution in [3.63, 3.8) is 0 Å². The number of fused-ring (bicyclic) bond motifs is 1. The van der Waals surface area contributed by atoms with Crippen LogP contribution in [0.25, 0.3) is 22.3 Å². The summed E-state index contributed by atoms with van der Waals surface area (Å²) in [6.07, 6.45) is -3.30. The SMILES string of the molecule is Nc1ncnc2c1nc(NCc1ccc(-c3ccc(OCCO)cc3)cc1)n2[C@@H]1O[C@H](CO)[C@@H](O)[C@H]1O. The molecule has 12 heteroatoms. The third kappa shape index (κ3) is 4.92. The normalized spacial score (nSPS) is 21.4.